The molecule has 0 aromatic heterocycles. The van der Waals surface area contributed by atoms with E-state index in [4.69, 9.17) is 5.11 Å². The molecule has 1 fully saturated rings. The van der Waals surface area contributed by atoms with Gasteiger partial charge in [-0.2, -0.15) is 0 Å². The Bertz CT molecular complexity index is 357. The molecule has 3 atom stereocenters. The van der Waals surface area contributed by atoms with E-state index in [2.05, 4.69) is 10.6 Å². The first-order chi connectivity index (χ1) is 8.90. The third-order valence-corrected chi connectivity index (χ3v) is 3.43. The zero-order valence-corrected chi connectivity index (χ0v) is 11.4. The highest BCUT2D eigenvalue weighted by atomic mass is 16.4. The summed E-state index contributed by atoms with van der Waals surface area (Å²) in [5.41, 5.74) is 0. The van der Waals surface area contributed by atoms with E-state index in [1.54, 1.807) is 6.92 Å². The maximum atomic E-state index is 11.8. The van der Waals surface area contributed by atoms with Crippen LogP contribution in [0.1, 0.15) is 39.5 Å². The van der Waals surface area contributed by atoms with Crippen molar-refractivity contribution >= 4 is 17.8 Å². The molecule has 6 heteroatoms. The molecule has 1 aliphatic heterocycles. The molecule has 1 aliphatic rings. The van der Waals surface area contributed by atoms with Crippen LogP contribution in [0.25, 0.3) is 0 Å². The number of nitrogens with one attached hydrogen (secondary N) is 2. The zero-order chi connectivity index (χ0) is 14.4. The number of aliphatic carboxylic acids is 1. The maximum absolute atomic E-state index is 11.8. The molecule has 0 radical (unpaired) electrons. The third-order valence-electron chi connectivity index (χ3n) is 3.43. The average Bonchev–Trinajstić information content (AvgIpc) is 2.75. The van der Waals surface area contributed by atoms with Gasteiger partial charge in [-0.1, -0.05) is 13.3 Å². The number of carboxylic acids is 1. The molecule has 2 amide bonds. The van der Waals surface area contributed by atoms with E-state index < -0.39 is 5.97 Å². The van der Waals surface area contributed by atoms with E-state index in [-0.39, 0.29) is 36.1 Å². The third kappa shape index (κ3) is 5.28. The van der Waals surface area contributed by atoms with Crippen LogP contribution in [-0.4, -0.2) is 35.5 Å². The van der Waals surface area contributed by atoms with Gasteiger partial charge in [0.05, 0.1) is 11.8 Å². The molecule has 0 bridgehead atoms. The van der Waals surface area contributed by atoms with Crippen LogP contribution in [0, 0.1) is 11.8 Å². The number of amides is 2. The summed E-state index contributed by atoms with van der Waals surface area (Å²) in [6.45, 7) is 3.99. The molecule has 108 valence electrons. The van der Waals surface area contributed by atoms with Crippen molar-refractivity contribution < 1.29 is 19.5 Å². The predicted molar refractivity (Wildman–Crippen MR) is 69.4 cm³/mol. The number of rotatable bonds is 7. The fraction of sp³-hybridized carbons (Fsp3) is 0.769. The second-order valence-electron chi connectivity index (χ2n) is 5.28. The van der Waals surface area contributed by atoms with Crippen LogP contribution in [0.15, 0.2) is 0 Å². The van der Waals surface area contributed by atoms with Crippen LogP contribution in [0.4, 0.5) is 0 Å². The van der Waals surface area contributed by atoms with E-state index in [1.807, 2.05) is 6.92 Å². The van der Waals surface area contributed by atoms with Crippen LogP contribution in [0.3, 0.4) is 0 Å². The van der Waals surface area contributed by atoms with Gasteiger partial charge in [-0.05, 0) is 19.8 Å². The van der Waals surface area contributed by atoms with Gasteiger partial charge in [-0.15, -0.1) is 0 Å². The lowest BCUT2D eigenvalue weighted by atomic mass is 10.0. The lowest BCUT2D eigenvalue weighted by Crippen LogP contribution is -2.38. The summed E-state index contributed by atoms with van der Waals surface area (Å²) >= 11 is 0. The van der Waals surface area contributed by atoms with Crippen LogP contribution >= 0.6 is 0 Å². The molecule has 0 aromatic rings. The average molecular weight is 270 g/mol. The van der Waals surface area contributed by atoms with Gasteiger partial charge in [0.2, 0.25) is 11.8 Å². The lowest BCUT2D eigenvalue weighted by molar-refractivity contribution is -0.141. The smallest absolute Gasteiger partial charge is 0.306 e. The minimum absolute atomic E-state index is 0.00389. The Morgan fingerprint density at radius 1 is 1.42 bits per heavy atom. The van der Waals surface area contributed by atoms with Gasteiger partial charge in [0, 0.05) is 19.0 Å². The SMILES string of the molecule is CC(CCCC(C)C(=O)O)NC(=O)C1CNC(=O)C1. The number of hydrogen-bond acceptors (Lipinski definition) is 3. The zero-order valence-electron chi connectivity index (χ0n) is 11.4. The standard InChI is InChI=1S/C13H22N2O4/c1-8(13(18)19)4-3-5-9(2)15-12(17)10-6-11(16)14-7-10/h8-10H,3-7H2,1-2H3,(H,14,16)(H,15,17)(H,18,19). The van der Waals surface area contributed by atoms with Crippen molar-refractivity contribution in [3.63, 3.8) is 0 Å². The molecule has 3 unspecified atom stereocenters. The first-order valence-corrected chi connectivity index (χ1v) is 6.70. The minimum atomic E-state index is -0.785. The second-order valence-corrected chi connectivity index (χ2v) is 5.28. The van der Waals surface area contributed by atoms with Gasteiger partial charge < -0.3 is 15.7 Å². The molecule has 3 N–H and O–H groups in total. The molecule has 6 nitrogen and oxygen atoms in total. The van der Waals surface area contributed by atoms with Crippen LogP contribution in [-0.2, 0) is 14.4 Å². The molecule has 1 rings (SSSR count). The van der Waals surface area contributed by atoms with Gasteiger partial charge in [0.1, 0.15) is 0 Å². The largest absolute Gasteiger partial charge is 0.481 e. The summed E-state index contributed by atoms with van der Waals surface area (Å²) in [5.74, 6) is -1.58. The van der Waals surface area contributed by atoms with Crippen molar-refractivity contribution in [1.29, 1.82) is 0 Å². The molecule has 0 spiro atoms. The normalized spacial score (nSPS) is 21.6. The lowest BCUT2D eigenvalue weighted by Gasteiger charge is -2.16. The second kappa shape index (κ2) is 7.11. The Balaban J connectivity index is 2.20. The van der Waals surface area contributed by atoms with Crippen molar-refractivity contribution in [3.8, 4) is 0 Å². The minimum Gasteiger partial charge on any atom is -0.481 e. The van der Waals surface area contributed by atoms with Crippen molar-refractivity contribution in [2.45, 2.75) is 45.6 Å². The molecule has 19 heavy (non-hydrogen) atoms. The van der Waals surface area contributed by atoms with Gasteiger partial charge in [-0.3, -0.25) is 14.4 Å². The van der Waals surface area contributed by atoms with Crippen LogP contribution in [0.2, 0.25) is 0 Å². The maximum Gasteiger partial charge on any atom is 0.306 e. The molecule has 0 saturated carbocycles. The monoisotopic (exact) mass is 270 g/mol. The highest BCUT2D eigenvalue weighted by molar-refractivity contribution is 5.89. The van der Waals surface area contributed by atoms with Crippen LogP contribution < -0.4 is 10.6 Å². The summed E-state index contributed by atoms with van der Waals surface area (Å²) in [6.07, 6.45) is 2.38. The van der Waals surface area contributed by atoms with Crippen molar-refractivity contribution in [1.82, 2.24) is 10.6 Å². The predicted octanol–water partition coefficient (Wildman–Crippen LogP) is 0.518. The number of carbonyl (C=O) groups is 3. The van der Waals surface area contributed by atoms with Crippen molar-refractivity contribution in [2.24, 2.45) is 11.8 Å². The van der Waals surface area contributed by atoms with Crippen molar-refractivity contribution in [2.75, 3.05) is 6.54 Å². The summed E-state index contributed by atoms with van der Waals surface area (Å²) in [5, 5.41) is 14.2. The Morgan fingerprint density at radius 3 is 2.63 bits per heavy atom. The molecule has 1 heterocycles. The summed E-state index contributed by atoms with van der Waals surface area (Å²) in [6, 6.07) is 0.00389. The van der Waals surface area contributed by atoms with Gasteiger partial charge >= 0.3 is 5.97 Å². The first kappa shape index (κ1) is 15.5. The molecular weight excluding hydrogens is 248 g/mol. The Morgan fingerprint density at radius 2 is 2.11 bits per heavy atom. The fourth-order valence-electron chi connectivity index (χ4n) is 2.08. The quantitative estimate of drug-likeness (QED) is 0.628. The highest BCUT2D eigenvalue weighted by Crippen LogP contribution is 2.12. The molecule has 1 saturated heterocycles. The summed E-state index contributed by atoms with van der Waals surface area (Å²) < 4.78 is 0. The van der Waals surface area contributed by atoms with E-state index in [0.29, 0.717) is 13.0 Å². The topological polar surface area (TPSA) is 95.5 Å². The van der Waals surface area contributed by atoms with Gasteiger partial charge in [0.25, 0.3) is 0 Å². The number of carbonyl (C=O) groups excluding carboxylic acids is 2. The molecular formula is C13H22N2O4. The fourth-order valence-corrected chi connectivity index (χ4v) is 2.08. The van der Waals surface area contributed by atoms with E-state index in [0.717, 1.165) is 12.8 Å². The Kier molecular flexibility index (Phi) is 5.79. The Labute approximate surface area is 112 Å². The first-order valence-electron chi connectivity index (χ1n) is 6.70. The summed E-state index contributed by atoms with van der Waals surface area (Å²) in [7, 11) is 0. The number of carboxylic acid groups (broad SMARTS) is 1. The van der Waals surface area contributed by atoms with E-state index in [9.17, 15) is 14.4 Å². The summed E-state index contributed by atoms with van der Waals surface area (Å²) in [4.78, 5) is 33.5. The van der Waals surface area contributed by atoms with E-state index >= 15 is 0 Å². The number of hydrogen-bond donors (Lipinski definition) is 3. The van der Waals surface area contributed by atoms with Crippen LogP contribution in [0.5, 0.6) is 0 Å². The van der Waals surface area contributed by atoms with Crippen molar-refractivity contribution in [3.05, 3.63) is 0 Å². The van der Waals surface area contributed by atoms with Gasteiger partial charge in [0.15, 0.2) is 0 Å². The Hall–Kier alpha value is -1.59. The van der Waals surface area contributed by atoms with E-state index in [1.165, 1.54) is 0 Å². The highest BCUT2D eigenvalue weighted by Gasteiger charge is 2.28. The molecule has 0 aromatic carbocycles. The molecule has 0 aliphatic carbocycles. The van der Waals surface area contributed by atoms with Gasteiger partial charge in [-0.25, -0.2) is 0 Å².